The van der Waals surface area contributed by atoms with Gasteiger partial charge in [-0.1, -0.05) is 55.5 Å². The molecule has 4 rings (SSSR count). The molecule has 2 aromatic rings. The number of benzene rings is 2. The third kappa shape index (κ3) is 4.63. The van der Waals surface area contributed by atoms with Crippen molar-refractivity contribution in [1.82, 2.24) is 10.6 Å². The van der Waals surface area contributed by atoms with E-state index in [1.54, 1.807) is 6.92 Å². The average Bonchev–Trinajstić information content (AvgIpc) is 3.36. The first-order chi connectivity index (χ1) is 16.3. The second-order valence-electron chi connectivity index (χ2n) is 9.14. The fourth-order valence-electron chi connectivity index (χ4n) is 4.67. The second-order valence-corrected chi connectivity index (χ2v) is 9.14. The summed E-state index contributed by atoms with van der Waals surface area (Å²) in [6, 6.07) is 15.2. The number of alkyl carbamates (subject to hydrolysis) is 1. The normalized spacial score (nSPS) is 21.9. The summed E-state index contributed by atoms with van der Waals surface area (Å²) in [5, 5.41) is 15.0. The quantitative estimate of drug-likeness (QED) is 0.550. The molecule has 3 atom stereocenters. The van der Waals surface area contributed by atoms with E-state index in [9.17, 15) is 19.5 Å². The van der Waals surface area contributed by atoms with E-state index in [1.165, 1.54) is 0 Å². The topological polar surface area (TPSA) is 114 Å². The molecule has 180 valence electrons. The lowest BCUT2D eigenvalue weighted by Gasteiger charge is -2.26. The van der Waals surface area contributed by atoms with E-state index in [4.69, 9.17) is 9.47 Å². The lowest BCUT2D eigenvalue weighted by Crippen LogP contribution is -2.51. The predicted molar refractivity (Wildman–Crippen MR) is 125 cm³/mol. The van der Waals surface area contributed by atoms with Crippen molar-refractivity contribution in [3.05, 3.63) is 59.7 Å². The van der Waals surface area contributed by atoms with Crippen LogP contribution in [0.3, 0.4) is 0 Å². The lowest BCUT2D eigenvalue weighted by atomic mass is 9.85. The van der Waals surface area contributed by atoms with E-state index < -0.39 is 29.6 Å². The smallest absolute Gasteiger partial charge is 0.407 e. The summed E-state index contributed by atoms with van der Waals surface area (Å²) in [5.41, 5.74) is 3.39. The Morgan fingerprint density at radius 3 is 2.32 bits per heavy atom. The Morgan fingerprint density at radius 2 is 1.74 bits per heavy atom. The van der Waals surface area contributed by atoms with Crippen molar-refractivity contribution in [2.75, 3.05) is 19.8 Å². The molecule has 2 amide bonds. The number of amides is 2. The molecular weight excluding hydrogens is 436 g/mol. The highest BCUT2D eigenvalue weighted by Gasteiger charge is 2.47. The van der Waals surface area contributed by atoms with Gasteiger partial charge in [0, 0.05) is 18.4 Å². The largest absolute Gasteiger partial charge is 0.481 e. The molecule has 2 aliphatic rings. The van der Waals surface area contributed by atoms with Crippen LogP contribution in [-0.2, 0) is 19.1 Å². The van der Waals surface area contributed by atoms with E-state index in [1.807, 2.05) is 31.2 Å². The number of hydrogen-bond donors (Lipinski definition) is 3. The summed E-state index contributed by atoms with van der Waals surface area (Å²) in [7, 11) is 0. The molecular formula is C26H30N2O6. The maximum atomic E-state index is 12.6. The Bertz CT molecular complexity index is 1040. The number of carboxylic acid groups (broad SMARTS) is 1. The molecule has 8 nitrogen and oxygen atoms in total. The Hall–Kier alpha value is -3.39. The molecule has 1 fully saturated rings. The number of fused-ring (bicyclic) bond motifs is 3. The van der Waals surface area contributed by atoms with E-state index in [0.717, 1.165) is 22.3 Å². The minimum Gasteiger partial charge on any atom is -0.481 e. The number of ether oxygens (including phenoxy) is 2. The summed E-state index contributed by atoms with van der Waals surface area (Å²) < 4.78 is 10.8. The zero-order valence-electron chi connectivity index (χ0n) is 19.4. The molecule has 0 saturated carbocycles. The molecule has 1 saturated heterocycles. The van der Waals surface area contributed by atoms with E-state index in [0.29, 0.717) is 6.42 Å². The summed E-state index contributed by atoms with van der Waals surface area (Å²) in [6.07, 6.45) is -0.0388. The van der Waals surface area contributed by atoms with Gasteiger partial charge in [-0.2, -0.15) is 0 Å². The van der Waals surface area contributed by atoms with Crippen LogP contribution in [0.1, 0.15) is 43.7 Å². The van der Waals surface area contributed by atoms with Gasteiger partial charge in [-0.05, 0) is 35.6 Å². The van der Waals surface area contributed by atoms with Crippen LogP contribution in [0.25, 0.3) is 11.1 Å². The van der Waals surface area contributed by atoms with Crippen molar-refractivity contribution in [3.63, 3.8) is 0 Å². The SMILES string of the molecule is CCC(CC(=O)NC1COCC1(C)C(=O)O)NC(=O)OCC1c2ccccc2-c2ccccc21. The number of nitrogens with one attached hydrogen (secondary N) is 2. The van der Waals surface area contributed by atoms with Gasteiger partial charge < -0.3 is 25.2 Å². The molecule has 3 N–H and O–H groups in total. The van der Waals surface area contributed by atoms with Crippen molar-refractivity contribution in [2.45, 2.75) is 44.7 Å². The Labute approximate surface area is 198 Å². The molecule has 1 aliphatic carbocycles. The van der Waals surface area contributed by atoms with Gasteiger partial charge in [0.05, 0.1) is 19.3 Å². The Morgan fingerprint density at radius 1 is 1.12 bits per heavy atom. The first kappa shape index (κ1) is 23.8. The first-order valence-electron chi connectivity index (χ1n) is 11.6. The fraction of sp³-hybridized carbons (Fsp3) is 0.423. The van der Waals surface area contributed by atoms with Gasteiger partial charge >= 0.3 is 12.1 Å². The van der Waals surface area contributed by atoms with Gasteiger partial charge in [0.1, 0.15) is 12.0 Å². The molecule has 2 aromatic carbocycles. The van der Waals surface area contributed by atoms with Gasteiger partial charge in [-0.25, -0.2) is 4.79 Å². The van der Waals surface area contributed by atoms with Crippen LogP contribution in [0.5, 0.6) is 0 Å². The minimum absolute atomic E-state index is 0.0207. The number of hydrogen-bond acceptors (Lipinski definition) is 5. The number of carboxylic acids is 1. The Kier molecular flexibility index (Phi) is 6.88. The van der Waals surface area contributed by atoms with E-state index >= 15 is 0 Å². The van der Waals surface area contributed by atoms with Crippen LogP contribution in [0, 0.1) is 5.41 Å². The molecule has 3 unspecified atom stereocenters. The van der Waals surface area contributed by atoms with Crippen LogP contribution in [0.2, 0.25) is 0 Å². The number of carbonyl (C=O) groups excluding carboxylic acids is 2. The van der Waals surface area contributed by atoms with Crippen LogP contribution in [0.15, 0.2) is 48.5 Å². The summed E-state index contributed by atoms with van der Waals surface area (Å²) in [6.45, 7) is 3.80. The first-order valence-corrected chi connectivity index (χ1v) is 11.6. The third-order valence-electron chi connectivity index (χ3n) is 6.87. The Balaban J connectivity index is 1.32. The van der Waals surface area contributed by atoms with Crippen LogP contribution >= 0.6 is 0 Å². The van der Waals surface area contributed by atoms with Crippen LogP contribution < -0.4 is 10.6 Å². The molecule has 34 heavy (non-hydrogen) atoms. The van der Waals surface area contributed by atoms with Gasteiger partial charge in [-0.3, -0.25) is 9.59 Å². The minimum atomic E-state index is -1.17. The molecule has 0 radical (unpaired) electrons. The highest BCUT2D eigenvalue weighted by atomic mass is 16.5. The maximum Gasteiger partial charge on any atom is 0.407 e. The monoisotopic (exact) mass is 466 g/mol. The highest BCUT2D eigenvalue weighted by molar-refractivity contribution is 5.81. The molecule has 8 heteroatoms. The van der Waals surface area contributed by atoms with Crippen molar-refractivity contribution >= 4 is 18.0 Å². The predicted octanol–water partition coefficient (Wildman–Crippen LogP) is 3.30. The van der Waals surface area contributed by atoms with Gasteiger partial charge in [0.15, 0.2) is 0 Å². The van der Waals surface area contributed by atoms with Gasteiger partial charge in [0.25, 0.3) is 0 Å². The molecule has 1 heterocycles. The third-order valence-corrected chi connectivity index (χ3v) is 6.87. The zero-order chi connectivity index (χ0) is 24.3. The number of carbonyl (C=O) groups is 3. The van der Waals surface area contributed by atoms with Crippen molar-refractivity contribution in [2.24, 2.45) is 5.41 Å². The van der Waals surface area contributed by atoms with Crippen molar-refractivity contribution < 1.29 is 29.0 Å². The summed E-state index contributed by atoms with van der Waals surface area (Å²) >= 11 is 0. The van der Waals surface area contributed by atoms with Crippen molar-refractivity contribution in [3.8, 4) is 11.1 Å². The van der Waals surface area contributed by atoms with Gasteiger partial charge in [0.2, 0.25) is 5.91 Å². The average molecular weight is 467 g/mol. The summed E-state index contributed by atoms with van der Waals surface area (Å²) in [4.78, 5) is 36.7. The van der Waals surface area contributed by atoms with Crippen LogP contribution in [-0.4, -0.2) is 55.0 Å². The number of rotatable bonds is 8. The second kappa shape index (κ2) is 9.85. The van der Waals surface area contributed by atoms with Crippen molar-refractivity contribution in [1.29, 1.82) is 0 Å². The van der Waals surface area contributed by atoms with Gasteiger partial charge in [-0.15, -0.1) is 0 Å². The molecule has 0 aromatic heterocycles. The highest BCUT2D eigenvalue weighted by Crippen LogP contribution is 2.44. The lowest BCUT2D eigenvalue weighted by molar-refractivity contribution is -0.149. The summed E-state index contributed by atoms with van der Waals surface area (Å²) in [5.74, 6) is -1.40. The fourth-order valence-corrected chi connectivity index (χ4v) is 4.67. The molecule has 1 aliphatic heterocycles. The number of aliphatic carboxylic acids is 1. The zero-order valence-corrected chi connectivity index (χ0v) is 19.4. The van der Waals surface area contributed by atoms with E-state index in [2.05, 4.69) is 34.9 Å². The van der Waals surface area contributed by atoms with Crippen LogP contribution in [0.4, 0.5) is 4.79 Å². The molecule has 0 spiro atoms. The maximum absolute atomic E-state index is 12.6. The standard InChI is InChI=1S/C26H30N2O6/c1-3-16(12-23(29)28-22-14-33-15-26(22,2)24(30)31)27-25(32)34-13-21-19-10-6-4-8-17(19)18-9-5-7-11-20(18)21/h4-11,16,21-22H,3,12-15H2,1-2H3,(H,27,32)(H,28,29)(H,30,31). The van der Waals surface area contributed by atoms with E-state index in [-0.39, 0.29) is 38.1 Å². The molecule has 0 bridgehead atoms.